The summed E-state index contributed by atoms with van der Waals surface area (Å²) < 4.78 is 5.55. The Bertz CT molecular complexity index is 583. The number of hydrogen-bond acceptors (Lipinski definition) is 4. The molecule has 2 atom stereocenters. The fourth-order valence-corrected chi connectivity index (χ4v) is 3.25. The Morgan fingerprint density at radius 3 is 2.52 bits per heavy atom. The third-order valence-electron chi connectivity index (χ3n) is 4.69. The SMILES string of the molecule is CCC(c1nc(C2Cc3ccccc3C2)no1)C(C)NC. The fraction of sp³-hybridized carbons (Fsp3) is 0.529. The molecular weight excluding hydrogens is 262 g/mol. The van der Waals surface area contributed by atoms with Crippen LogP contribution in [0.4, 0.5) is 0 Å². The molecule has 1 aliphatic carbocycles. The summed E-state index contributed by atoms with van der Waals surface area (Å²) in [5, 5.41) is 7.53. The normalized spacial score (nSPS) is 17.7. The molecule has 1 heterocycles. The second kappa shape index (κ2) is 5.98. The lowest BCUT2D eigenvalue weighted by Crippen LogP contribution is -2.28. The molecule has 1 N–H and O–H groups in total. The number of hydrogen-bond donors (Lipinski definition) is 1. The molecule has 0 aliphatic heterocycles. The van der Waals surface area contributed by atoms with Crippen LogP contribution in [0.3, 0.4) is 0 Å². The van der Waals surface area contributed by atoms with Crippen molar-refractivity contribution in [1.29, 1.82) is 0 Å². The van der Waals surface area contributed by atoms with Crippen LogP contribution < -0.4 is 5.32 Å². The maximum Gasteiger partial charge on any atom is 0.231 e. The van der Waals surface area contributed by atoms with E-state index in [1.165, 1.54) is 11.1 Å². The summed E-state index contributed by atoms with van der Waals surface area (Å²) in [6, 6.07) is 8.95. The van der Waals surface area contributed by atoms with Crippen LogP contribution in [-0.4, -0.2) is 23.2 Å². The van der Waals surface area contributed by atoms with Gasteiger partial charge in [-0.25, -0.2) is 0 Å². The Labute approximate surface area is 126 Å². The van der Waals surface area contributed by atoms with Crippen molar-refractivity contribution in [3.63, 3.8) is 0 Å². The van der Waals surface area contributed by atoms with E-state index in [9.17, 15) is 0 Å². The van der Waals surface area contributed by atoms with Crippen molar-refractivity contribution in [2.75, 3.05) is 7.05 Å². The highest BCUT2D eigenvalue weighted by Crippen LogP contribution is 2.33. The van der Waals surface area contributed by atoms with Gasteiger partial charge in [0.1, 0.15) is 0 Å². The number of rotatable bonds is 5. The van der Waals surface area contributed by atoms with Gasteiger partial charge in [0, 0.05) is 12.0 Å². The van der Waals surface area contributed by atoms with Crippen LogP contribution in [0.2, 0.25) is 0 Å². The van der Waals surface area contributed by atoms with Crippen molar-refractivity contribution >= 4 is 0 Å². The first-order valence-electron chi connectivity index (χ1n) is 7.80. The summed E-state index contributed by atoms with van der Waals surface area (Å²) in [5.74, 6) is 2.27. The van der Waals surface area contributed by atoms with E-state index in [1.54, 1.807) is 0 Å². The third-order valence-corrected chi connectivity index (χ3v) is 4.69. The molecule has 0 fully saturated rings. The molecule has 4 heteroatoms. The molecule has 0 radical (unpaired) electrons. The molecule has 112 valence electrons. The van der Waals surface area contributed by atoms with Crippen molar-refractivity contribution in [2.24, 2.45) is 0 Å². The predicted molar refractivity (Wildman–Crippen MR) is 82.4 cm³/mol. The predicted octanol–water partition coefficient (Wildman–Crippen LogP) is 3.05. The van der Waals surface area contributed by atoms with Crippen LogP contribution in [0.5, 0.6) is 0 Å². The van der Waals surface area contributed by atoms with E-state index >= 15 is 0 Å². The van der Waals surface area contributed by atoms with Gasteiger partial charge in [-0.2, -0.15) is 4.98 Å². The molecule has 0 amide bonds. The Balaban J connectivity index is 1.77. The van der Waals surface area contributed by atoms with Crippen LogP contribution in [-0.2, 0) is 12.8 Å². The maximum absolute atomic E-state index is 5.55. The van der Waals surface area contributed by atoms with E-state index in [2.05, 4.69) is 48.6 Å². The number of benzene rings is 1. The van der Waals surface area contributed by atoms with E-state index in [0.29, 0.717) is 12.0 Å². The molecule has 4 nitrogen and oxygen atoms in total. The molecule has 1 aromatic carbocycles. The molecule has 2 aromatic rings. The molecule has 1 aromatic heterocycles. The smallest absolute Gasteiger partial charge is 0.231 e. The average Bonchev–Trinajstić information content (AvgIpc) is 3.14. The van der Waals surface area contributed by atoms with Crippen LogP contribution >= 0.6 is 0 Å². The van der Waals surface area contributed by atoms with E-state index in [-0.39, 0.29) is 5.92 Å². The second-order valence-electron chi connectivity index (χ2n) is 5.96. The molecule has 2 unspecified atom stereocenters. The minimum atomic E-state index is 0.278. The van der Waals surface area contributed by atoms with Gasteiger partial charge in [0.25, 0.3) is 0 Å². The number of likely N-dealkylation sites (N-methyl/N-ethyl adjacent to an activating group) is 1. The minimum Gasteiger partial charge on any atom is -0.339 e. The van der Waals surface area contributed by atoms with Gasteiger partial charge in [-0.3, -0.25) is 0 Å². The zero-order valence-electron chi connectivity index (χ0n) is 13.0. The standard InChI is InChI=1S/C17H23N3O/c1-4-15(11(2)18-3)17-19-16(20-21-17)14-9-12-7-5-6-8-13(12)10-14/h5-8,11,14-15,18H,4,9-10H2,1-3H3. The molecular formula is C17H23N3O. The van der Waals surface area contributed by atoms with Crippen LogP contribution in [0.1, 0.15) is 54.9 Å². The second-order valence-corrected chi connectivity index (χ2v) is 5.96. The summed E-state index contributed by atoms with van der Waals surface area (Å²) >= 11 is 0. The lowest BCUT2D eigenvalue weighted by Gasteiger charge is -2.17. The van der Waals surface area contributed by atoms with Gasteiger partial charge in [-0.1, -0.05) is 36.3 Å². The molecule has 0 saturated heterocycles. The molecule has 1 aliphatic rings. The molecule has 0 spiro atoms. The van der Waals surface area contributed by atoms with Crippen LogP contribution in [0.25, 0.3) is 0 Å². The first-order valence-corrected chi connectivity index (χ1v) is 7.80. The molecule has 21 heavy (non-hydrogen) atoms. The van der Waals surface area contributed by atoms with Crippen molar-refractivity contribution in [1.82, 2.24) is 15.5 Å². The lowest BCUT2D eigenvalue weighted by atomic mass is 9.98. The van der Waals surface area contributed by atoms with Crippen LogP contribution in [0.15, 0.2) is 28.8 Å². The summed E-state index contributed by atoms with van der Waals surface area (Å²) in [5.41, 5.74) is 2.84. The highest BCUT2D eigenvalue weighted by atomic mass is 16.5. The topological polar surface area (TPSA) is 51.0 Å². The number of nitrogens with one attached hydrogen (secondary N) is 1. The third kappa shape index (κ3) is 2.72. The highest BCUT2D eigenvalue weighted by Gasteiger charge is 2.29. The average molecular weight is 285 g/mol. The zero-order chi connectivity index (χ0) is 14.8. The van der Waals surface area contributed by atoms with Gasteiger partial charge in [0.15, 0.2) is 5.82 Å². The summed E-state index contributed by atoms with van der Waals surface area (Å²) in [4.78, 5) is 4.70. The van der Waals surface area contributed by atoms with Crippen molar-refractivity contribution in [3.8, 4) is 0 Å². The Hall–Kier alpha value is -1.68. The zero-order valence-corrected chi connectivity index (χ0v) is 13.0. The van der Waals surface area contributed by atoms with Gasteiger partial charge in [-0.15, -0.1) is 0 Å². The fourth-order valence-electron chi connectivity index (χ4n) is 3.25. The summed E-state index contributed by atoms with van der Waals surface area (Å²) in [6.45, 7) is 4.32. The van der Waals surface area contributed by atoms with Gasteiger partial charge in [-0.05, 0) is 44.4 Å². The van der Waals surface area contributed by atoms with Crippen molar-refractivity contribution in [2.45, 2.75) is 51.0 Å². The molecule has 0 saturated carbocycles. The van der Waals surface area contributed by atoms with Gasteiger partial charge < -0.3 is 9.84 Å². The molecule has 3 rings (SSSR count). The van der Waals surface area contributed by atoms with Crippen molar-refractivity contribution in [3.05, 3.63) is 47.1 Å². The lowest BCUT2D eigenvalue weighted by molar-refractivity contribution is 0.318. The summed E-state index contributed by atoms with van der Waals surface area (Å²) in [6.07, 6.45) is 3.04. The first-order chi connectivity index (χ1) is 10.2. The van der Waals surface area contributed by atoms with Gasteiger partial charge in [0.2, 0.25) is 5.89 Å². The minimum absolute atomic E-state index is 0.278. The van der Waals surface area contributed by atoms with Gasteiger partial charge in [0.05, 0.1) is 5.92 Å². The maximum atomic E-state index is 5.55. The van der Waals surface area contributed by atoms with E-state index in [4.69, 9.17) is 9.51 Å². The Morgan fingerprint density at radius 2 is 1.95 bits per heavy atom. The number of nitrogens with zero attached hydrogens (tertiary/aromatic N) is 2. The Morgan fingerprint density at radius 1 is 1.29 bits per heavy atom. The van der Waals surface area contributed by atoms with Gasteiger partial charge >= 0.3 is 0 Å². The summed E-state index contributed by atoms with van der Waals surface area (Å²) in [7, 11) is 1.97. The van der Waals surface area contributed by atoms with Crippen LogP contribution in [0, 0.1) is 0 Å². The van der Waals surface area contributed by atoms with E-state index in [1.807, 2.05) is 7.05 Å². The Kier molecular flexibility index (Phi) is 4.06. The molecule has 0 bridgehead atoms. The monoisotopic (exact) mass is 285 g/mol. The highest BCUT2D eigenvalue weighted by molar-refractivity contribution is 5.34. The van der Waals surface area contributed by atoms with E-state index < -0.39 is 0 Å². The van der Waals surface area contributed by atoms with E-state index in [0.717, 1.165) is 31.0 Å². The largest absolute Gasteiger partial charge is 0.339 e. The number of aromatic nitrogens is 2. The van der Waals surface area contributed by atoms with Crippen molar-refractivity contribution < 1.29 is 4.52 Å². The first kappa shape index (κ1) is 14.3. The quantitative estimate of drug-likeness (QED) is 0.917. The number of fused-ring (bicyclic) bond motifs is 1.